The summed E-state index contributed by atoms with van der Waals surface area (Å²) in [6, 6.07) is 3.16. The highest BCUT2D eigenvalue weighted by molar-refractivity contribution is 5.68. The van der Waals surface area contributed by atoms with Gasteiger partial charge in [0.05, 0.1) is 17.7 Å². The molecule has 7 heteroatoms. The van der Waals surface area contributed by atoms with E-state index in [9.17, 15) is 18.0 Å². The van der Waals surface area contributed by atoms with Crippen LogP contribution in [0.2, 0.25) is 0 Å². The fraction of sp³-hybridized carbons (Fsp3) is 0.611. The Hall–Kier alpha value is -1.92. The zero-order valence-corrected chi connectivity index (χ0v) is 14.9. The smallest absolute Gasteiger partial charge is 0.419 e. The van der Waals surface area contributed by atoms with Crippen molar-refractivity contribution in [1.82, 2.24) is 5.32 Å². The zero-order chi connectivity index (χ0) is 18.8. The standard InChI is InChI=1S/C18H24F3NO3/c1-11(22-16(23)25-17(2,3)4)13-9-6-10-14(18(19,20)21)15(13)24-12-7-5-8-12/h6,9-12H,5,7-8H2,1-4H3,(H,22,23)/t11-/m1/s1. The van der Waals surface area contributed by atoms with E-state index in [2.05, 4.69) is 5.32 Å². The molecule has 1 fully saturated rings. The van der Waals surface area contributed by atoms with Gasteiger partial charge in [-0.3, -0.25) is 0 Å². The second-order valence-corrected chi connectivity index (χ2v) is 7.26. The van der Waals surface area contributed by atoms with Crippen molar-refractivity contribution in [2.75, 3.05) is 0 Å². The molecule has 1 aromatic carbocycles. The van der Waals surface area contributed by atoms with Gasteiger partial charge in [-0.1, -0.05) is 12.1 Å². The first-order valence-electron chi connectivity index (χ1n) is 8.33. The second-order valence-electron chi connectivity index (χ2n) is 7.26. The molecule has 1 aliphatic carbocycles. The number of ether oxygens (including phenoxy) is 2. The SMILES string of the molecule is C[C@@H](NC(=O)OC(C)(C)C)c1cccc(C(F)(F)F)c1OC1CCC1. The van der Waals surface area contributed by atoms with Crippen LogP contribution >= 0.6 is 0 Å². The molecule has 1 aromatic rings. The summed E-state index contributed by atoms with van der Waals surface area (Å²) in [5.41, 5.74) is -1.23. The molecular formula is C18H24F3NO3. The molecule has 25 heavy (non-hydrogen) atoms. The van der Waals surface area contributed by atoms with Gasteiger partial charge in [-0.15, -0.1) is 0 Å². The molecule has 0 spiro atoms. The molecule has 1 N–H and O–H groups in total. The average molecular weight is 359 g/mol. The van der Waals surface area contributed by atoms with E-state index in [0.29, 0.717) is 0 Å². The van der Waals surface area contributed by atoms with Gasteiger partial charge in [0.25, 0.3) is 0 Å². The van der Waals surface area contributed by atoms with Crippen LogP contribution in [0.4, 0.5) is 18.0 Å². The van der Waals surface area contributed by atoms with Crippen molar-refractivity contribution in [2.24, 2.45) is 0 Å². The number of carbonyl (C=O) groups is 1. The zero-order valence-electron chi connectivity index (χ0n) is 14.9. The maximum absolute atomic E-state index is 13.4. The van der Waals surface area contributed by atoms with Gasteiger partial charge in [0, 0.05) is 5.56 Å². The summed E-state index contributed by atoms with van der Waals surface area (Å²) in [5, 5.41) is 2.57. The van der Waals surface area contributed by atoms with E-state index in [1.54, 1.807) is 27.7 Å². The number of halogens is 3. The Labute approximate surface area is 145 Å². The molecule has 140 valence electrons. The van der Waals surface area contributed by atoms with Gasteiger partial charge in [0.1, 0.15) is 11.4 Å². The fourth-order valence-electron chi connectivity index (χ4n) is 2.47. The van der Waals surface area contributed by atoms with Crippen LogP contribution < -0.4 is 10.1 Å². The number of rotatable bonds is 4. The van der Waals surface area contributed by atoms with Crippen molar-refractivity contribution in [3.8, 4) is 5.75 Å². The third-order valence-corrected chi connectivity index (χ3v) is 3.89. The van der Waals surface area contributed by atoms with Gasteiger partial charge in [-0.25, -0.2) is 4.79 Å². The number of nitrogens with one attached hydrogen (secondary N) is 1. The molecule has 0 bridgehead atoms. The molecule has 1 atom stereocenters. The molecule has 4 nitrogen and oxygen atoms in total. The van der Waals surface area contributed by atoms with Gasteiger partial charge >= 0.3 is 12.3 Å². The van der Waals surface area contributed by atoms with Crippen molar-refractivity contribution in [3.63, 3.8) is 0 Å². The van der Waals surface area contributed by atoms with E-state index in [4.69, 9.17) is 9.47 Å². The first kappa shape index (κ1) is 19.4. The monoisotopic (exact) mass is 359 g/mol. The molecule has 0 aromatic heterocycles. The third-order valence-electron chi connectivity index (χ3n) is 3.89. The van der Waals surface area contributed by atoms with E-state index in [-0.39, 0.29) is 17.4 Å². The predicted molar refractivity (Wildman–Crippen MR) is 87.5 cm³/mol. The summed E-state index contributed by atoms with van der Waals surface area (Å²) in [4.78, 5) is 11.9. The lowest BCUT2D eigenvalue weighted by Crippen LogP contribution is -2.34. The number of hydrogen-bond acceptors (Lipinski definition) is 3. The quantitative estimate of drug-likeness (QED) is 0.801. The summed E-state index contributed by atoms with van der Waals surface area (Å²) in [5.74, 6) is -0.205. The van der Waals surface area contributed by atoms with Gasteiger partial charge in [0.2, 0.25) is 0 Å². The molecule has 1 aliphatic rings. The Morgan fingerprint density at radius 1 is 1.24 bits per heavy atom. The van der Waals surface area contributed by atoms with Crippen LogP contribution in [0.3, 0.4) is 0 Å². The summed E-state index contributed by atoms with van der Waals surface area (Å²) < 4.78 is 50.9. The van der Waals surface area contributed by atoms with Crippen molar-refractivity contribution < 1.29 is 27.4 Å². The van der Waals surface area contributed by atoms with E-state index in [1.807, 2.05) is 0 Å². The first-order chi connectivity index (χ1) is 11.5. The Kier molecular flexibility index (Phi) is 5.54. The normalized spacial score (nSPS) is 16.8. The Bertz CT molecular complexity index is 619. The van der Waals surface area contributed by atoms with Crippen molar-refractivity contribution in [1.29, 1.82) is 0 Å². The number of alkyl halides is 3. The molecule has 0 heterocycles. The lowest BCUT2D eigenvalue weighted by atomic mass is 9.95. The predicted octanol–water partition coefficient (Wildman–Crippen LogP) is 5.22. The van der Waals surface area contributed by atoms with Crippen molar-refractivity contribution >= 4 is 6.09 Å². The summed E-state index contributed by atoms with van der Waals surface area (Å²) in [6.45, 7) is 6.75. The van der Waals surface area contributed by atoms with Gasteiger partial charge in [-0.2, -0.15) is 13.2 Å². The Morgan fingerprint density at radius 2 is 1.88 bits per heavy atom. The van der Waals surface area contributed by atoms with Crippen LogP contribution in [0.25, 0.3) is 0 Å². The van der Waals surface area contributed by atoms with E-state index < -0.39 is 29.5 Å². The number of hydrogen-bond donors (Lipinski definition) is 1. The molecular weight excluding hydrogens is 335 g/mol. The summed E-state index contributed by atoms with van der Waals surface area (Å²) in [6.07, 6.45) is -3.01. The van der Waals surface area contributed by atoms with Crippen LogP contribution in [-0.4, -0.2) is 17.8 Å². The van der Waals surface area contributed by atoms with Crippen LogP contribution in [0, 0.1) is 0 Å². The highest BCUT2D eigenvalue weighted by atomic mass is 19.4. The molecule has 2 rings (SSSR count). The summed E-state index contributed by atoms with van der Waals surface area (Å²) >= 11 is 0. The van der Waals surface area contributed by atoms with Crippen molar-refractivity contribution in [2.45, 2.75) is 70.9 Å². The van der Waals surface area contributed by atoms with E-state index in [0.717, 1.165) is 25.3 Å². The largest absolute Gasteiger partial charge is 0.489 e. The second kappa shape index (κ2) is 7.14. The van der Waals surface area contributed by atoms with Crippen LogP contribution in [0.15, 0.2) is 18.2 Å². The lowest BCUT2D eigenvalue weighted by molar-refractivity contribution is -0.139. The molecule has 1 saturated carbocycles. The van der Waals surface area contributed by atoms with Crippen LogP contribution in [0.1, 0.15) is 64.1 Å². The molecule has 0 unspecified atom stereocenters. The lowest BCUT2D eigenvalue weighted by Gasteiger charge is -2.30. The van der Waals surface area contributed by atoms with Crippen molar-refractivity contribution in [3.05, 3.63) is 29.3 Å². The molecule has 0 radical (unpaired) electrons. The molecule has 0 saturated heterocycles. The minimum absolute atomic E-state index is 0.205. The highest BCUT2D eigenvalue weighted by Gasteiger charge is 2.37. The minimum atomic E-state index is -4.53. The number of benzene rings is 1. The van der Waals surface area contributed by atoms with Gasteiger partial charge in [-0.05, 0) is 53.0 Å². The summed E-state index contributed by atoms with van der Waals surface area (Å²) in [7, 11) is 0. The molecule has 1 amide bonds. The molecule has 0 aliphatic heterocycles. The Balaban J connectivity index is 2.27. The van der Waals surface area contributed by atoms with Crippen LogP contribution in [0.5, 0.6) is 5.75 Å². The maximum Gasteiger partial charge on any atom is 0.419 e. The fourth-order valence-corrected chi connectivity index (χ4v) is 2.47. The number of amides is 1. The first-order valence-corrected chi connectivity index (χ1v) is 8.33. The minimum Gasteiger partial charge on any atom is -0.489 e. The average Bonchev–Trinajstić information content (AvgIpc) is 2.39. The van der Waals surface area contributed by atoms with E-state index >= 15 is 0 Å². The topological polar surface area (TPSA) is 47.6 Å². The van der Waals surface area contributed by atoms with Gasteiger partial charge in [0.15, 0.2) is 0 Å². The highest BCUT2D eigenvalue weighted by Crippen LogP contribution is 2.42. The third kappa shape index (κ3) is 5.28. The number of para-hydroxylation sites is 1. The Morgan fingerprint density at radius 3 is 2.36 bits per heavy atom. The number of alkyl carbamates (subject to hydrolysis) is 1. The van der Waals surface area contributed by atoms with Gasteiger partial charge < -0.3 is 14.8 Å². The van der Waals surface area contributed by atoms with E-state index in [1.165, 1.54) is 12.1 Å². The maximum atomic E-state index is 13.4. The van der Waals surface area contributed by atoms with Crippen LogP contribution in [-0.2, 0) is 10.9 Å². The number of carbonyl (C=O) groups excluding carboxylic acids is 1.